The van der Waals surface area contributed by atoms with Gasteiger partial charge in [-0.15, -0.1) is 0 Å². The zero-order valence-corrected chi connectivity index (χ0v) is 35.5. The smallest absolute Gasteiger partial charge is 0.320 e. The summed E-state index contributed by atoms with van der Waals surface area (Å²) in [6.45, 7) is 6.39. The number of likely N-dealkylation sites (tertiary alicyclic amines) is 3. The van der Waals surface area contributed by atoms with E-state index in [0.717, 1.165) is 107 Å². The van der Waals surface area contributed by atoms with Crippen molar-refractivity contribution in [2.45, 2.75) is 82.3 Å². The Labute approximate surface area is 366 Å². The van der Waals surface area contributed by atoms with Crippen LogP contribution < -0.4 is 15.8 Å². The third-order valence-electron chi connectivity index (χ3n) is 14.0. The molecule has 15 nitrogen and oxygen atoms in total. The van der Waals surface area contributed by atoms with Crippen LogP contribution in [-0.2, 0) is 16.1 Å². The van der Waals surface area contributed by atoms with Crippen LogP contribution in [0.4, 0.5) is 10.6 Å². The minimum atomic E-state index is -0.593. The maximum Gasteiger partial charge on any atom is 0.320 e. The van der Waals surface area contributed by atoms with Gasteiger partial charge in [-0.1, -0.05) is 30.3 Å². The number of benzene rings is 3. The van der Waals surface area contributed by atoms with Crippen LogP contribution in [0.3, 0.4) is 0 Å². The molecule has 4 fully saturated rings. The van der Waals surface area contributed by atoms with Crippen molar-refractivity contribution in [3.8, 4) is 22.8 Å². The van der Waals surface area contributed by atoms with Gasteiger partial charge in [-0.2, -0.15) is 5.10 Å². The third kappa shape index (κ3) is 8.33. The number of carbonyl (C=O) groups excluding carboxylic acids is 4. The van der Waals surface area contributed by atoms with Crippen molar-refractivity contribution in [3.63, 3.8) is 0 Å². The maximum absolute atomic E-state index is 14.0. The van der Waals surface area contributed by atoms with E-state index in [1.165, 1.54) is 11.9 Å². The second-order valence-corrected chi connectivity index (χ2v) is 17.9. The van der Waals surface area contributed by atoms with Crippen LogP contribution in [0.15, 0.2) is 79.1 Å². The summed E-state index contributed by atoms with van der Waals surface area (Å²) in [6, 6.07) is 23.1. The van der Waals surface area contributed by atoms with Gasteiger partial charge in [0.15, 0.2) is 5.65 Å². The molecule has 7 heterocycles. The third-order valence-corrected chi connectivity index (χ3v) is 14.0. The summed E-state index contributed by atoms with van der Waals surface area (Å²) >= 11 is 0. The number of nitrogen functional groups attached to an aromatic ring is 1. The molecule has 5 aliphatic heterocycles. The fourth-order valence-electron chi connectivity index (χ4n) is 10.4. The summed E-state index contributed by atoms with van der Waals surface area (Å²) < 4.78 is 7.97. The molecule has 4 saturated heterocycles. The van der Waals surface area contributed by atoms with Crippen molar-refractivity contribution in [1.29, 1.82) is 0 Å². The predicted octanol–water partition coefficient (Wildman–Crippen LogP) is 6.37. The van der Waals surface area contributed by atoms with Crippen LogP contribution in [0.1, 0.15) is 91.2 Å². The molecule has 5 aromatic rings. The Morgan fingerprint density at radius 1 is 0.825 bits per heavy atom. The molecule has 0 aliphatic carbocycles. The first-order valence-corrected chi connectivity index (χ1v) is 22.6. The number of fused-ring (bicyclic) bond motifs is 2. The number of rotatable bonds is 9. The number of piperidine rings is 4. The Balaban J connectivity index is 0.700. The van der Waals surface area contributed by atoms with Crippen molar-refractivity contribution >= 4 is 40.6 Å². The molecule has 2 aromatic heterocycles. The molecule has 3 aromatic carbocycles. The topological polar surface area (TPSA) is 172 Å². The van der Waals surface area contributed by atoms with Crippen LogP contribution in [0.2, 0.25) is 0 Å². The molecule has 0 spiro atoms. The minimum absolute atomic E-state index is 0.0436. The summed E-state index contributed by atoms with van der Waals surface area (Å²) in [5.74, 6) is 2.12. The number of nitrogens with zero attached hydrogens (tertiary/aromatic N) is 8. The molecule has 5 aliphatic rings. The zero-order chi connectivity index (χ0) is 43.0. The monoisotopic (exact) mass is 850 g/mol. The molecule has 1 unspecified atom stereocenters. The first-order chi connectivity index (χ1) is 30.8. The van der Waals surface area contributed by atoms with Gasteiger partial charge in [0.05, 0.1) is 11.4 Å². The number of nitrogens with two attached hydrogens (primary N) is 1. The molecule has 5 amide bonds. The lowest BCUT2D eigenvalue weighted by atomic mass is 9.87. The zero-order valence-electron chi connectivity index (χ0n) is 35.5. The van der Waals surface area contributed by atoms with E-state index in [9.17, 15) is 19.2 Å². The van der Waals surface area contributed by atoms with Crippen molar-refractivity contribution in [3.05, 3.63) is 95.8 Å². The van der Waals surface area contributed by atoms with Crippen LogP contribution in [0, 0.1) is 5.92 Å². The van der Waals surface area contributed by atoms with Gasteiger partial charge in [-0.3, -0.25) is 19.7 Å². The summed E-state index contributed by atoms with van der Waals surface area (Å²) in [7, 11) is 0. The van der Waals surface area contributed by atoms with E-state index in [1.807, 2.05) is 75.1 Å². The van der Waals surface area contributed by atoms with Gasteiger partial charge in [0.2, 0.25) is 11.8 Å². The van der Waals surface area contributed by atoms with Gasteiger partial charge in [0.1, 0.15) is 35.4 Å². The van der Waals surface area contributed by atoms with E-state index in [1.54, 1.807) is 4.90 Å². The molecule has 0 radical (unpaired) electrons. The summed E-state index contributed by atoms with van der Waals surface area (Å²) in [5.41, 5.74) is 11.6. The highest BCUT2D eigenvalue weighted by Crippen LogP contribution is 2.37. The average Bonchev–Trinajstić information content (AvgIpc) is 3.87. The number of hydrogen-bond acceptors (Lipinski definition) is 10. The van der Waals surface area contributed by atoms with Crippen molar-refractivity contribution in [1.82, 2.24) is 44.7 Å². The molecule has 63 heavy (non-hydrogen) atoms. The van der Waals surface area contributed by atoms with Crippen molar-refractivity contribution in [2.24, 2.45) is 5.92 Å². The summed E-state index contributed by atoms with van der Waals surface area (Å²) in [5, 5.41) is 8.19. The minimum Gasteiger partial charge on any atom is -0.457 e. The van der Waals surface area contributed by atoms with E-state index in [2.05, 4.69) is 32.3 Å². The number of urea groups is 1. The van der Waals surface area contributed by atoms with Gasteiger partial charge in [-0.25, -0.2) is 19.4 Å². The molecule has 0 saturated carbocycles. The van der Waals surface area contributed by atoms with Crippen LogP contribution >= 0.6 is 0 Å². The standard InChI is InChI=1S/C48H54N10O5/c49-44-42-43(33-8-11-38(12-9-33)63-37-6-2-1-3-7-37)53-58(45(42)51-30-50-44)36-5-4-21-56(29-36)48(62)55-25-17-31(18-26-55)16-22-54-23-19-32(20-24-54)34-10-13-39-35(27-34)28-57(47(39)61)40-14-15-41(59)52-46(40)60/h1-3,6-13,27,30-32,36,40H,4-5,14-26,28-29H2,(H2,49,50,51)(H,52,59,60)/t36-,40?/m1/s1. The molecule has 2 atom stereocenters. The molecular formula is C48H54N10O5. The van der Waals surface area contributed by atoms with Gasteiger partial charge in [-0.05, 0) is 136 Å². The summed E-state index contributed by atoms with van der Waals surface area (Å²) in [6.07, 6.45) is 9.18. The van der Waals surface area contributed by atoms with Gasteiger partial charge >= 0.3 is 6.03 Å². The normalized spacial score (nSPS) is 21.5. The number of ether oxygens (including phenoxy) is 1. The van der Waals surface area contributed by atoms with Crippen LogP contribution in [0.5, 0.6) is 11.5 Å². The second kappa shape index (κ2) is 17.4. The van der Waals surface area contributed by atoms with Crippen LogP contribution in [0.25, 0.3) is 22.3 Å². The lowest BCUT2D eigenvalue weighted by Crippen LogP contribution is -2.52. The number of hydrogen-bond donors (Lipinski definition) is 2. The van der Waals surface area contributed by atoms with Crippen molar-refractivity contribution in [2.75, 3.05) is 51.5 Å². The number of para-hydroxylation sites is 1. The van der Waals surface area contributed by atoms with Gasteiger partial charge < -0.3 is 30.1 Å². The SMILES string of the molecule is Nc1ncnc2c1c(-c1ccc(Oc3ccccc3)cc1)nn2[C@@H]1CCCN(C(=O)N2CCC(CCN3CCC(c4ccc5c(c4)CN(C4CCC(=O)NC4=O)C5=O)CC3)CC2)C1. The summed E-state index contributed by atoms with van der Waals surface area (Å²) in [4.78, 5) is 68.5. The Bertz CT molecular complexity index is 2510. The Morgan fingerprint density at radius 2 is 1.60 bits per heavy atom. The highest BCUT2D eigenvalue weighted by molar-refractivity contribution is 6.05. The molecule has 15 heteroatoms. The highest BCUT2D eigenvalue weighted by atomic mass is 16.5. The number of nitrogens with one attached hydrogen (secondary N) is 1. The lowest BCUT2D eigenvalue weighted by molar-refractivity contribution is -0.136. The highest BCUT2D eigenvalue weighted by Gasteiger charge is 2.40. The Morgan fingerprint density at radius 3 is 2.38 bits per heavy atom. The fraction of sp³-hybridized carbons (Fsp3) is 0.438. The van der Waals surface area contributed by atoms with Gasteiger partial charge in [0.25, 0.3) is 5.91 Å². The Hall–Kier alpha value is -6.35. The number of imide groups is 1. The second-order valence-electron chi connectivity index (χ2n) is 17.9. The fourth-order valence-corrected chi connectivity index (χ4v) is 10.4. The quantitative estimate of drug-likeness (QED) is 0.159. The average molecular weight is 851 g/mol. The molecular weight excluding hydrogens is 797 g/mol. The van der Waals surface area contributed by atoms with Gasteiger partial charge in [0, 0.05) is 50.3 Å². The van der Waals surface area contributed by atoms with E-state index >= 15 is 0 Å². The number of aromatic nitrogens is 4. The van der Waals surface area contributed by atoms with E-state index in [0.29, 0.717) is 59.5 Å². The van der Waals surface area contributed by atoms with E-state index in [4.69, 9.17) is 15.6 Å². The van der Waals surface area contributed by atoms with Crippen LogP contribution in [-0.4, -0.2) is 115 Å². The first-order valence-electron chi connectivity index (χ1n) is 22.6. The Kier molecular flexibility index (Phi) is 11.3. The molecule has 326 valence electrons. The molecule has 0 bridgehead atoms. The predicted molar refractivity (Wildman–Crippen MR) is 237 cm³/mol. The number of amides is 5. The van der Waals surface area contributed by atoms with Crippen molar-refractivity contribution < 1.29 is 23.9 Å². The molecule has 3 N–H and O–H groups in total. The maximum atomic E-state index is 14.0. The largest absolute Gasteiger partial charge is 0.457 e. The lowest BCUT2D eigenvalue weighted by Gasteiger charge is -2.39. The van der Waals surface area contributed by atoms with E-state index < -0.39 is 6.04 Å². The molecule has 10 rings (SSSR count). The number of carbonyl (C=O) groups is 4. The van der Waals surface area contributed by atoms with E-state index in [-0.39, 0.29) is 36.2 Å². The number of anilines is 1. The first kappa shape index (κ1) is 40.7.